The number of nitrogens with one attached hydrogen (secondary N) is 1. The molecule has 1 atom stereocenters. The molecule has 6 nitrogen and oxygen atoms in total. The molecule has 0 bridgehead atoms. The van der Waals surface area contributed by atoms with E-state index in [2.05, 4.69) is 4.72 Å². The van der Waals surface area contributed by atoms with Crippen LogP contribution in [0.2, 0.25) is 5.02 Å². The van der Waals surface area contributed by atoms with Crippen LogP contribution >= 0.6 is 11.6 Å². The third kappa shape index (κ3) is 5.53. The largest absolute Gasteiger partial charge is 0.481 e. The molecule has 0 spiro atoms. The lowest BCUT2D eigenvalue weighted by atomic mass is 10.1. The predicted octanol–water partition coefficient (Wildman–Crippen LogP) is 3.69. The molecule has 1 saturated heterocycles. The number of rotatable bonds is 6. The molecule has 8 heteroatoms. The normalized spacial score (nSPS) is 16.3. The van der Waals surface area contributed by atoms with E-state index in [0.29, 0.717) is 41.6 Å². The van der Waals surface area contributed by atoms with E-state index in [9.17, 15) is 13.2 Å². The van der Waals surface area contributed by atoms with E-state index in [1.165, 1.54) is 0 Å². The Balaban J connectivity index is 1.54. The first kappa shape index (κ1) is 22.6. The molecule has 1 heterocycles. The van der Waals surface area contributed by atoms with Crippen LogP contribution in [0.5, 0.6) is 5.75 Å². The van der Waals surface area contributed by atoms with Crippen LogP contribution in [0.4, 0.5) is 0 Å². The van der Waals surface area contributed by atoms with Crippen LogP contribution in [0.3, 0.4) is 0 Å². The Morgan fingerprint density at radius 3 is 2.37 bits per heavy atom. The second-order valence-corrected chi connectivity index (χ2v) is 9.82. The van der Waals surface area contributed by atoms with E-state index < -0.39 is 16.1 Å². The number of carbonyl (C=O) groups excluding carboxylic acids is 1. The molecule has 30 heavy (non-hydrogen) atoms. The standard InChI is InChI=1S/C22H27ClN2O4S/c1-15-4-9-21(16(2)14-15)30(27,28)24-19-10-12-25(13-11-19)22(26)17(3)29-20-7-5-18(23)6-8-20/h4-9,14,17,19,24H,10-13H2,1-3H3. The number of carbonyl (C=O) groups is 1. The number of amides is 1. The van der Waals surface area contributed by atoms with Crippen molar-refractivity contribution < 1.29 is 17.9 Å². The molecule has 1 N–H and O–H groups in total. The lowest BCUT2D eigenvalue weighted by molar-refractivity contribution is -0.139. The molecule has 0 saturated carbocycles. The van der Waals surface area contributed by atoms with Gasteiger partial charge in [0.1, 0.15) is 5.75 Å². The van der Waals surface area contributed by atoms with Gasteiger partial charge in [-0.25, -0.2) is 13.1 Å². The molecule has 1 fully saturated rings. The van der Waals surface area contributed by atoms with Gasteiger partial charge in [0.15, 0.2) is 6.10 Å². The Bertz CT molecular complexity index is 1000. The van der Waals surface area contributed by atoms with Crippen molar-refractivity contribution in [2.24, 2.45) is 0 Å². The number of hydrogen-bond acceptors (Lipinski definition) is 4. The van der Waals surface area contributed by atoms with Gasteiger partial charge in [0.05, 0.1) is 4.90 Å². The summed E-state index contributed by atoms with van der Waals surface area (Å²) in [6.07, 6.45) is 0.488. The van der Waals surface area contributed by atoms with Gasteiger partial charge in [0.25, 0.3) is 5.91 Å². The summed E-state index contributed by atoms with van der Waals surface area (Å²) in [6, 6.07) is 12.0. The second-order valence-electron chi connectivity index (χ2n) is 7.70. The smallest absolute Gasteiger partial charge is 0.263 e. The lowest BCUT2D eigenvalue weighted by Gasteiger charge is -2.33. The summed E-state index contributed by atoms with van der Waals surface area (Å²) in [5, 5.41) is 0.603. The van der Waals surface area contributed by atoms with Crippen LogP contribution < -0.4 is 9.46 Å². The summed E-state index contributed by atoms with van der Waals surface area (Å²) >= 11 is 5.87. The minimum atomic E-state index is -3.59. The van der Waals surface area contributed by atoms with E-state index in [4.69, 9.17) is 16.3 Å². The van der Waals surface area contributed by atoms with Gasteiger partial charge in [-0.1, -0.05) is 29.3 Å². The number of hydrogen-bond donors (Lipinski definition) is 1. The number of likely N-dealkylation sites (tertiary alicyclic amines) is 1. The molecule has 1 aliphatic rings. The molecule has 162 valence electrons. The average molecular weight is 451 g/mol. The Labute approximate surface area is 183 Å². The molecule has 0 radical (unpaired) electrons. The molecule has 1 unspecified atom stereocenters. The van der Waals surface area contributed by atoms with E-state index >= 15 is 0 Å². The van der Waals surface area contributed by atoms with E-state index in [1.54, 1.807) is 55.1 Å². The fraction of sp³-hybridized carbons (Fsp3) is 0.409. The Morgan fingerprint density at radius 2 is 1.77 bits per heavy atom. The topological polar surface area (TPSA) is 75.7 Å². The Morgan fingerprint density at radius 1 is 1.13 bits per heavy atom. The summed E-state index contributed by atoms with van der Waals surface area (Å²) in [5.74, 6) is 0.469. The summed E-state index contributed by atoms with van der Waals surface area (Å²) in [6.45, 7) is 6.40. The first-order chi connectivity index (χ1) is 14.2. The second kappa shape index (κ2) is 9.37. The number of sulfonamides is 1. The first-order valence-corrected chi connectivity index (χ1v) is 11.8. The van der Waals surface area contributed by atoms with Gasteiger partial charge in [-0.3, -0.25) is 4.79 Å². The molecule has 0 aliphatic carbocycles. The highest BCUT2D eigenvalue weighted by Gasteiger charge is 2.29. The van der Waals surface area contributed by atoms with Gasteiger partial charge in [0, 0.05) is 24.2 Å². The highest BCUT2D eigenvalue weighted by Crippen LogP contribution is 2.21. The molecule has 1 amide bonds. The van der Waals surface area contributed by atoms with Gasteiger partial charge in [-0.2, -0.15) is 0 Å². The van der Waals surface area contributed by atoms with Gasteiger partial charge in [0.2, 0.25) is 10.0 Å². The highest BCUT2D eigenvalue weighted by atomic mass is 35.5. The summed E-state index contributed by atoms with van der Waals surface area (Å²) in [5.41, 5.74) is 1.75. The van der Waals surface area contributed by atoms with E-state index in [-0.39, 0.29) is 11.9 Å². The van der Waals surface area contributed by atoms with Crippen molar-refractivity contribution in [2.75, 3.05) is 13.1 Å². The third-order valence-electron chi connectivity index (χ3n) is 5.22. The number of benzene rings is 2. The van der Waals surface area contributed by atoms with E-state index in [0.717, 1.165) is 11.1 Å². The van der Waals surface area contributed by atoms with Crippen LogP contribution in [-0.4, -0.2) is 44.5 Å². The van der Waals surface area contributed by atoms with Crippen molar-refractivity contribution in [1.82, 2.24) is 9.62 Å². The zero-order valence-electron chi connectivity index (χ0n) is 17.4. The van der Waals surface area contributed by atoms with Crippen molar-refractivity contribution >= 4 is 27.5 Å². The number of piperidine rings is 1. The summed E-state index contributed by atoms with van der Waals surface area (Å²) in [7, 11) is -3.59. The highest BCUT2D eigenvalue weighted by molar-refractivity contribution is 7.89. The molecule has 3 rings (SSSR count). The van der Waals surface area contributed by atoms with Crippen molar-refractivity contribution in [3.8, 4) is 5.75 Å². The number of halogens is 1. The monoisotopic (exact) mass is 450 g/mol. The minimum Gasteiger partial charge on any atom is -0.481 e. The third-order valence-corrected chi connectivity index (χ3v) is 7.16. The maximum atomic E-state index is 12.8. The van der Waals surface area contributed by atoms with Crippen LogP contribution in [0.1, 0.15) is 30.9 Å². The van der Waals surface area contributed by atoms with Gasteiger partial charge in [-0.15, -0.1) is 0 Å². The van der Waals surface area contributed by atoms with Crippen molar-refractivity contribution in [3.05, 3.63) is 58.6 Å². The van der Waals surface area contributed by atoms with Crippen molar-refractivity contribution in [3.63, 3.8) is 0 Å². The fourth-order valence-electron chi connectivity index (χ4n) is 3.63. The van der Waals surface area contributed by atoms with Crippen LogP contribution in [0.15, 0.2) is 47.4 Å². The van der Waals surface area contributed by atoms with Crippen LogP contribution in [0, 0.1) is 13.8 Å². The molecular weight excluding hydrogens is 424 g/mol. The van der Waals surface area contributed by atoms with Crippen LogP contribution in [0.25, 0.3) is 0 Å². The van der Waals surface area contributed by atoms with Crippen molar-refractivity contribution in [2.45, 2.75) is 50.7 Å². The van der Waals surface area contributed by atoms with Crippen molar-refractivity contribution in [1.29, 1.82) is 0 Å². The Hall–Kier alpha value is -2.09. The number of ether oxygens (including phenoxy) is 1. The predicted molar refractivity (Wildman–Crippen MR) is 117 cm³/mol. The maximum absolute atomic E-state index is 12.8. The Kier molecular flexibility index (Phi) is 7.06. The van der Waals surface area contributed by atoms with E-state index in [1.807, 2.05) is 13.0 Å². The maximum Gasteiger partial charge on any atom is 0.263 e. The number of aryl methyl sites for hydroxylation is 2. The zero-order valence-corrected chi connectivity index (χ0v) is 19.0. The van der Waals surface area contributed by atoms with Gasteiger partial charge in [-0.05, 0) is 69.5 Å². The minimum absolute atomic E-state index is 0.111. The zero-order chi connectivity index (χ0) is 21.9. The fourth-order valence-corrected chi connectivity index (χ4v) is 5.28. The average Bonchev–Trinajstić information content (AvgIpc) is 2.69. The SMILES string of the molecule is Cc1ccc(S(=O)(=O)NC2CCN(C(=O)C(C)Oc3ccc(Cl)cc3)CC2)c(C)c1. The number of nitrogens with zero attached hydrogens (tertiary/aromatic N) is 1. The quantitative estimate of drug-likeness (QED) is 0.728. The summed E-state index contributed by atoms with van der Waals surface area (Å²) < 4.78 is 34.0. The molecular formula is C22H27ClN2O4S. The molecule has 2 aromatic carbocycles. The molecule has 0 aromatic heterocycles. The molecule has 1 aliphatic heterocycles. The van der Waals surface area contributed by atoms with Gasteiger partial charge >= 0.3 is 0 Å². The van der Waals surface area contributed by atoms with Crippen LogP contribution in [-0.2, 0) is 14.8 Å². The molecule has 2 aromatic rings. The summed E-state index contributed by atoms with van der Waals surface area (Å²) in [4.78, 5) is 14.7. The van der Waals surface area contributed by atoms with Gasteiger partial charge < -0.3 is 9.64 Å². The first-order valence-electron chi connectivity index (χ1n) is 9.96. The lowest BCUT2D eigenvalue weighted by Crippen LogP contribution is -2.49.